The van der Waals surface area contributed by atoms with Crippen LogP contribution in [0.25, 0.3) is 10.9 Å². The van der Waals surface area contributed by atoms with E-state index < -0.39 is 0 Å². The second-order valence-electron chi connectivity index (χ2n) is 8.52. The maximum atomic E-state index is 6.65. The van der Waals surface area contributed by atoms with Crippen molar-refractivity contribution in [2.24, 2.45) is 0 Å². The predicted molar refractivity (Wildman–Crippen MR) is 126 cm³/mol. The van der Waals surface area contributed by atoms with Crippen LogP contribution in [0.4, 0.5) is 0 Å². The Labute approximate surface area is 187 Å². The minimum absolute atomic E-state index is 0.0143. The van der Waals surface area contributed by atoms with Crippen molar-refractivity contribution < 1.29 is 5.32 Å². The van der Waals surface area contributed by atoms with Crippen molar-refractivity contribution in [3.8, 4) is 0 Å². The number of quaternary nitrogens is 1. The summed E-state index contributed by atoms with van der Waals surface area (Å²) in [4.78, 5) is 3.77. The van der Waals surface area contributed by atoms with Crippen LogP contribution in [0.15, 0.2) is 72.8 Å². The van der Waals surface area contributed by atoms with Crippen molar-refractivity contribution in [3.63, 3.8) is 0 Å². The molecule has 0 spiro atoms. The number of hydrogen-bond donors (Lipinski definition) is 2. The van der Waals surface area contributed by atoms with Gasteiger partial charge in [0.2, 0.25) is 0 Å². The number of aromatic nitrogens is 1. The van der Waals surface area contributed by atoms with Crippen molar-refractivity contribution in [1.29, 1.82) is 0 Å². The molecule has 4 heteroatoms. The zero-order valence-corrected chi connectivity index (χ0v) is 18.5. The van der Waals surface area contributed by atoms with Gasteiger partial charge in [-0.25, -0.2) is 0 Å². The van der Waals surface area contributed by atoms with E-state index in [0.717, 1.165) is 30.0 Å². The van der Waals surface area contributed by atoms with Gasteiger partial charge in [0.25, 0.3) is 0 Å². The van der Waals surface area contributed by atoms with Gasteiger partial charge < -0.3 is 10.3 Å². The molecule has 3 N–H and O–H groups in total. The van der Waals surface area contributed by atoms with Crippen molar-refractivity contribution in [3.05, 3.63) is 105 Å². The van der Waals surface area contributed by atoms with Crippen molar-refractivity contribution in [1.82, 2.24) is 4.98 Å². The maximum absolute atomic E-state index is 6.65. The van der Waals surface area contributed by atoms with E-state index in [1.165, 1.54) is 27.7 Å². The number of halogens is 2. The summed E-state index contributed by atoms with van der Waals surface area (Å²) >= 11 is 12.8. The second kappa shape index (κ2) is 7.77. The van der Waals surface area contributed by atoms with Crippen LogP contribution in [0.1, 0.15) is 41.6 Å². The Morgan fingerprint density at radius 1 is 1.00 bits per heavy atom. The predicted octanol–water partition coefficient (Wildman–Crippen LogP) is 6.03. The fourth-order valence-electron chi connectivity index (χ4n) is 4.92. The molecule has 1 aromatic heterocycles. The number of nitrogens with two attached hydrogens (primary N) is 1. The highest BCUT2D eigenvalue weighted by molar-refractivity contribution is 6.35. The molecule has 30 heavy (non-hydrogen) atoms. The van der Waals surface area contributed by atoms with Gasteiger partial charge >= 0.3 is 0 Å². The molecule has 0 amide bonds. The summed E-state index contributed by atoms with van der Waals surface area (Å²) in [7, 11) is 0. The third kappa shape index (κ3) is 3.43. The summed E-state index contributed by atoms with van der Waals surface area (Å²) in [6.45, 7) is 3.32. The van der Waals surface area contributed by atoms with Gasteiger partial charge in [0, 0.05) is 32.9 Å². The number of aryl methyl sites for hydroxylation is 1. The molecular weight excluding hydrogens is 411 g/mol. The van der Waals surface area contributed by atoms with E-state index in [0.29, 0.717) is 5.02 Å². The number of nitrogens with one attached hydrogen (secondary N) is 1. The van der Waals surface area contributed by atoms with E-state index in [1.54, 1.807) is 0 Å². The molecule has 0 bridgehead atoms. The molecule has 0 saturated carbocycles. The fourth-order valence-corrected chi connectivity index (χ4v) is 5.46. The van der Waals surface area contributed by atoms with Crippen LogP contribution in [0.3, 0.4) is 0 Å². The van der Waals surface area contributed by atoms with E-state index in [9.17, 15) is 0 Å². The lowest BCUT2D eigenvalue weighted by Crippen LogP contribution is -2.96. The molecule has 0 radical (unpaired) electrons. The first-order valence-electron chi connectivity index (χ1n) is 10.5. The van der Waals surface area contributed by atoms with Gasteiger partial charge in [0.1, 0.15) is 5.54 Å². The maximum Gasteiger partial charge on any atom is 0.134 e. The summed E-state index contributed by atoms with van der Waals surface area (Å²) in [5.74, 6) is 0.228. The van der Waals surface area contributed by atoms with Gasteiger partial charge in [0.05, 0.1) is 18.2 Å². The van der Waals surface area contributed by atoms with Crippen LogP contribution in [-0.2, 0) is 12.0 Å². The summed E-state index contributed by atoms with van der Waals surface area (Å²) in [6, 6.07) is 25.3. The Hall–Kier alpha value is -2.26. The van der Waals surface area contributed by atoms with Crippen LogP contribution < -0.4 is 5.32 Å². The molecule has 4 aromatic rings. The normalized spacial score (nSPS) is 21.0. The summed E-state index contributed by atoms with van der Waals surface area (Å²) < 4.78 is 0. The Morgan fingerprint density at radius 2 is 1.77 bits per heavy atom. The van der Waals surface area contributed by atoms with Gasteiger partial charge in [-0.05, 0) is 42.7 Å². The Morgan fingerprint density at radius 3 is 2.57 bits per heavy atom. The lowest BCUT2D eigenvalue weighted by atomic mass is 9.77. The van der Waals surface area contributed by atoms with Crippen LogP contribution in [0.2, 0.25) is 10.0 Å². The average molecular weight is 436 g/mol. The lowest BCUT2D eigenvalue weighted by molar-refractivity contribution is -0.739. The molecule has 5 rings (SSSR count). The van der Waals surface area contributed by atoms with Crippen LogP contribution >= 0.6 is 23.2 Å². The molecule has 2 heterocycles. The molecule has 0 fully saturated rings. The Kier molecular flexibility index (Phi) is 5.10. The average Bonchev–Trinajstić information content (AvgIpc) is 3.15. The molecule has 1 aliphatic rings. The molecule has 2 nitrogen and oxygen atoms in total. The van der Waals surface area contributed by atoms with Gasteiger partial charge in [-0.15, -0.1) is 0 Å². The summed E-state index contributed by atoms with van der Waals surface area (Å²) in [5, 5.41) is 5.20. The van der Waals surface area contributed by atoms with Gasteiger partial charge in [-0.3, -0.25) is 0 Å². The fraction of sp³-hybridized carbons (Fsp3) is 0.231. The number of fused-ring (bicyclic) bond motifs is 3. The Bertz CT molecular complexity index is 1200. The second-order valence-corrected chi connectivity index (χ2v) is 9.36. The standard InChI is InChI=1S/C26H24Cl2N2/c1-26(14-13-17-7-3-2-4-8-17)25-24(20-9-5-6-10-23(20)30-25)21(16-29-26)19-12-11-18(27)15-22(19)28/h2-12,15,21,29-30H,13-14,16H2,1H3/p+1/t21-,26+/m1/s1. The zero-order valence-electron chi connectivity index (χ0n) is 17.0. The minimum atomic E-state index is -0.0143. The lowest BCUT2D eigenvalue weighted by Gasteiger charge is -2.36. The number of rotatable bonds is 4. The van der Waals surface area contributed by atoms with E-state index in [4.69, 9.17) is 23.2 Å². The van der Waals surface area contributed by atoms with Crippen LogP contribution in [0.5, 0.6) is 0 Å². The molecule has 152 valence electrons. The smallest absolute Gasteiger partial charge is 0.134 e. The first kappa shape index (κ1) is 19.7. The largest absolute Gasteiger partial charge is 0.353 e. The first-order chi connectivity index (χ1) is 14.5. The molecular formula is C26H25Cl2N2+. The number of benzene rings is 3. The molecule has 1 aliphatic heterocycles. The minimum Gasteiger partial charge on any atom is -0.353 e. The van der Waals surface area contributed by atoms with Crippen molar-refractivity contribution in [2.45, 2.75) is 31.2 Å². The van der Waals surface area contributed by atoms with Crippen molar-refractivity contribution in [2.75, 3.05) is 6.54 Å². The van der Waals surface area contributed by atoms with Gasteiger partial charge in [-0.1, -0.05) is 77.8 Å². The molecule has 3 aromatic carbocycles. The molecule has 0 saturated heterocycles. The quantitative estimate of drug-likeness (QED) is 0.392. The SMILES string of the molecule is C[C@@]1(CCc2ccccc2)[NH2+]C[C@H](c2ccc(Cl)cc2Cl)c2c1[nH]c1ccccc21. The van der Waals surface area contributed by atoms with Crippen LogP contribution in [0, 0.1) is 0 Å². The zero-order chi connectivity index (χ0) is 20.7. The van der Waals surface area contributed by atoms with Crippen LogP contribution in [-0.4, -0.2) is 11.5 Å². The highest BCUT2D eigenvalue weighted by Crippen LogP contribution is 2.42. The highest BCUT2D eigenvalue weighted by atomic mass is 35.5. The number of para-hydroxylation sites is 1. The van der Waals surface area contributed by atoms with E-state index >= 15 is 0 Å². The van der Waals surface area contributed by atoms with Gasteiger partial charge in [0.15, 0.2) is 0 Å². The monoisotopic (exact) mass is 435 g/mol. The van der Waals surface area contributed by atoms with E-state index in [1.807, 2.05) is 12.1 Å². The summed E-state index contributed by atoms with van der Waals surface area (Å²) in [5.41, 5.74) is 6.41. The van der Waals surface area contributed by atoms with Gasteiger partial charge in [-0.2, -0.15) is 0 Å². The molecule has 0 aliphatic carbocycles. The third-order valence-corrected chi connectivity index (χ3v) is 7.15. The van der Waals surface area contributed by atoms with E-state index in [2.05, 4.69) is 77.9 Å². The number of aromatic amines is 1. The van der Waals surface area contributed by atoms with Crippen molar-refractivity contribution >= 4 is 34.1 Å². The molecule has 2 atom stereocenters. The van der Waals surface area contributed by atoms with E-state index in [-0.39, 0.29) is 11.5 Å². The topological polar surface area (TPSA) is 32.4 Å². The third-order valence-electron chi connectivity index (χ3n) is 6.58. The highest BCUT2D eigenvalue weighted by Gasteiger charge is 2.42. The Balaban J connectivity index is 1.60. The summed E-state index contributed by atoms with van der Waals surface area (Å²) in [6.07, 6.45) is 2.12. The number of hydrogen-bond acceptors (Lipinski definition) is 0. The molecule has 0 unspecified atom stereocenters. The number of H-pyrrole nitrogens is 1. The first-order valence-corrected chi connectivity index (χ1v) is 11.2.